The average molecular weight is 211 g/mol. The fourth-order valence-electron chi connectivity index (χ4n) is 2.56. The van der Waals surface area contributed by atoms with Crippen LogP contribution >= 0.6 is 0 Å². The van der Waals surface area contributed by atoms with Gasteiger partial charge in [-0.25, -0.2) is 0 Å². The van der Waals surface area contributed by atoms with E-state index in [9.17, 15) is 5.11 Å². The van der Waals surface area contributed by atoms with E-state index in [1.54, 1.807) is 0 Å². The molecule has 1 N–H and O–H groups in total. The Kier molecular flexibility index (Phi) is 3.36. The highest BCUT2D eigenvalue weighted by atomic mass is 16.3. The van der Waals surface area contributed by atoms with Crippen molar-refractivity contribution in [1.29, 1.82) is 0 Å². The van der Waals surface area contributed by atoms with E-state index in [1.165, 1.54) is 45.2 Å². The Balaban J connectivity index is 1.77. The summed E-state index contributed by atoms with van der Waals surface area (Å²) in [5.74, 6) is 0.626. The second-order valence-corrected chi connectivity index (χ2v) is 6.22. The van der Waals surface area contributed by atoms with Gasteiger partial charge in [0.15, 0.2) is 0 Å². The van der Waals surface area contributed by atoms with Crippen molar-refractivity contribution < 1.29 is 5.11 Å². The zero-order chi connectivity index (χ0) is 10.9. The van der Waals surface area contributed by atoms with Crippen molar-refractivity contribution in [2.45, 2.75) is 52.1 Å². The maximum Gasteiger partial charge on any atom is 0.0695 e. The third-order valence-electron chi connectivity index (χ3n) is 4.04. The van der Waals surface area contributed by atoms with Crippen LogP contribution in [0, 0.1) is 11.3 Å². The molecule has 0 spiro atoms. The maximum atomic E-state index is 9.92. The second kappa shape index (κ2) is 4.42. The zero-order valence-corrected chi connectivity index (χ0v) is 10.2. The summed E-state index contributed by atoms with van der Waals surface area (Å²) in [5.41, 5.74) is 0.513. The van der Waals surface area contributed by atoms with Gasteiger partial charge >= 0.3 is 0 Å². The molecule has 2 heteroatoms. The Hall–Kier alpha value is -0.0800. The predicted molar refractivity (Wildman–Crippen MR) is 62.8 cm³/mol. The Morgan fingerprint density at radius 3 is 2.67 bits per heavy atom. The van der Waals surface area contributed by atoms with Crippen LogP contribution in [0.1, 0.15) is 46.0 Å². The van der Waals surface area contributed by atoms with E-state index in [4.69, 9.17) is 0 Å². The highest BCUT2D eigenvalue weighted by molar-refractivity contribution is 4.84. The second-order valence-electron chi connectivity index (χ2n) is 6.22. The van der Waals surface area contributed by atoms with Crippen LogP contribution in [0.25, 0.3) is 0 Å². The van der Waals surface area contributed by atoms with Crippen molar-refractivity contribution in [2.24, 2.45) is 11.3 Å². The van der Waals surface area contributed by atoms with Crippen LogP contribution in [0.2, 0.25) is 0 Å². The van der Waals surface area contributed by atoms with Gasteiger partial charge in [0.2, 0.25) is 0 Å². The van der Waals surface area contributed by atoms with Crippen LogP contribution in [0.15, 0.2) is 0 Å². The van der Waals surface area contributed by atoms with E-state index in [1.807, 2.05) is 0 Å². The van der Waals surface area contributed by atoms with Crippen LogP contribution in [-0.2, 0) is 0 Å². The first-order valence-electron chi connectivity index (χ1n) is 6.47. The van der Waals surface area contributed by atoms with E-state index < -0.39 is 0 Å². The largest absolute Gasteiger partial charge is 0.392 e. The highest BCUT2D eigenvalue weighted by Gasteiger charge is 2.32. The number of hydrogen-bond donors (Lipinski definition) is 1. The summed E-state index contributed by atoms with van der Waals surface area (Å²) < 4.78 is 0. The number of rotatable bonds is 3. The first-order valence-corrected chi connectivity index (χ1v) is 6.47. The molecular formula is C13H25NO. The van der Waals surface area contributed by atoms with Gasteiger partial charge < -0.3 is 10.0 Å². The van der Waals surface area contributed by atoms with Crippen molar-refractivity contribution in [3.63, 3.8) is 0 Å². The lowest BCUT2D eigenvalue weighted by Gasteiger charge is -2.25. The van der Waals surface area contributed by atoms with Crippen molar-refractivity contribution in [2.75, 3.05) is 19.6 Å². The normalized spacial score (nSPS) is 29.8. The summed E-state index contributed by atoms with van der Waals surface area (Å²) in [5, 5.41) is 9.92. The summed E-state index contributed by atoms with van der Waals surface area (Å²) >= 11 is 0. The van der Waals surface area contributed by atoms with Gasteiger partial charge in [-0.05, 0) is 56.5 Å². The first kappa shape index (κ1) is 11.4. The number of hydrogen-bond acceptors (Lipinski definition) is 2. The molecule has 1 saturated carbocycles. The fourth-order valence-corrected chi connectivity index (χ4v) is 2.56. The molecule has 88 valence electrons. The molecule has 0 bridgehead atoms. The summed E-state index contributed by atoms with van der Waals surface area (Å²) in [6.07, 6.45) is 6.37. The smallest absolute Gasteiger partial charge is 0.0695 e. The maximum absolute atomic E-state index is 9.92. The average Bonchev–Trinajstić information content (AvgIpc) is 2.94. The lowest BCUT2D eigenvalue weighted by atomic mass is 9.85. The van der Waals surface area contributed by atoms with Crippen LogP contribution in [0.4, 0.5) is 0 Å². The number of nitrogens with zero attached hydrogens (tertiary/aromatic N) is 1. The van der Waals surface area contributed by atoms with Crippen molar-refractivity contribution in [3.8, 4) is 0 Å². The van der Waals surface area contributed by atoms with E-state index in [0.29, 0.717) is 11.3 Å². The van der Waals surface area contributed by atoms with Gasteiger partial charge in [0.1, 0.15) is 0 Å². The molecule has 2 aliphatic rings. The third kappa shape index (κ3) is 3.46. The van der Waals surface area contributed by atoms with Gasteiger partial charge in [-0.2, -0.15) is 0 Å². The Labute approximate surface area is 93.7 Å². The minimum atomic E-state index is -0.0498. The van der Waals surface area contributed by atoms with E-state index >= 15 is 0 Å². The minimum Gasteiger partial charge on any atom is -0.392 e. The summed E-state index contributed by atoms with van der Waals surface area (Å²) in [6, 6.07) is 0. The quantitative estimate of drug-likeness (QED) is 0.774. The van der Waals surface area contributed by atoms with Crippen molar-refractivity contribution in [1.82, 2.24) is 4.90 Å². The highest BCUT2D eigenvalue weighted by Crippen LogP contribution is 2.34. The van der Waals surface area contributed by atoms with Gasteiger partial charge in [-0.3, -0.25) is 0 Å². The van der Waals surface area contributed by atoms with Crippen LogP contribution in [0.5, 0.6) is 0 Å². The van der Waals surface area contributed by atoms with Gasteiger partial charge in [0.25, 0.3) is 0 Å². The standard InChI is InChI=1S/C13H25NO/c1-13(2)6-3-8-14(9-7-13)10-12(15)11-4-5-11/h11-12,15H,3-10H2,1-2H3. The van der Waals surface area contributed by atoms with Crippen LogP contribution in [0.3, 0.4) is 0 Å². The first-order chi connectivity index (χ1) is 7.07. The molecule has 0 aromatic rings. The topological polar surface area (TPSA) is 23.5 Å². The lowest BCUT2D eigenvalue weighted by Crippen LogP contribution is -2.34. The molecule has 1 aliphatic carbocycles. The Morgan fingerprint density at radius 1 is 1.27 bits per heavy atom. The molecule has 0 aromatic heterocycles. The molecule has 1 atom stereocenters. The number of aliphatic hydroxyl groups is 1. The molecule has 0 amide bonds. The molecular weight excluding hydrogens is 186 g/mol. The molecule has 1 heterocycles. The Bertz CT molecular complexity index is 211. The molecule has 15 heavy (non-hydrogen) atoms. The molecule has 2 rings (SSSR count). The molecule has 1 aliphatic heterocycles. The zero-order valence-electron chi connectivity index (χ0n) is 10.2. The number of likely N-dealkylation sites (tertiary alicyclic amines) is 1. The summed E-state index contributed by atoms with van der Waals surface area (Å²) in [6.45, 7) is 8.02. The van der Waals surface area contributed by atoms with E-state index in [0.717, 1.165) is 6.54 Å². The van der Waals surface area contributed by atoms with Gasteiger partial charge in [-0.15, -0.1) is 0 Å². The van der Waals surface area contributed by atoms with Crippen molar-refractivity contribution in [3.05, 3.63) is 0 Å². The molecule has 1 unspecified atom stereocenters. The van der Waals surface area contributed by atoms with E-state index in [-0.39, 0.29) is 6.10 Å². The fraction of sp³-hybridized carbons (Fsp3) is 1.00. The Morgan fingerprint density at radius 2 is 2.00 bits per heavy atom. The van der Waals surface area contributed by atoms with Gasteiger partial charge in [0.05, 0.1) is 6.10 Å². The SMILES string of the molecule is CC1(C)CCCN(CC(O)C2CC2)CC1. The van der Waals surface area contributed by atoms with E-state index in [2.05, 4.69) is 18.7 Å². The van der Waals surface area contributed by atoms with Gasteiger partial charge in [0, 0.05) is 6.54 Å². The molecule has 0 radical (unpaired) electrons. The van der Waals surface area contributed by atoms with Crippen LogP contribution < -0.4 is 0 Å². The molecule has 0 aromatic carbocycles. The summed E-state index contributed by atoms with van der Waals surface area (Å²) in [4.78, 5) is 2.47. The van der Waals surface area contributed by atoms with Gasteiger partial charge in [-0.1, -0.05) is 13.8 Å². The lowest BCUT2D eigenvalue weighted by molar-refractivity contribution is 0.0952. The summed E-state index contributed by atoms with van der Waals surface area (Å²) in [7, 11) is 0. The number of β-amino-alcohol motifs (C(OH)–C–C–N with tert-alkyl or cyclic N) is 1. The number of aliphatic hydroxyl groups excluding tert-OH is 1. The molecule has 1 saturated heterocycles. The van der Waals surface area contributed by atoms with Crippen molar-refractivity contribution >= 4 is 0 Å². The van der Waals surface area contributed by atoms with Crippen LogP contribution in [-0.4, -0.2) is 35.7 Å². The molecule has 2 fully saturated rings. The monoisotopic (exact) mass is 211 g/mol. The predicted octanol–water partition coefficient (Wildman–Crippen LogP) is 2.27. The third-order valence-corrected chi connectivity index (χ3v) is 4.04. The molecule has 2 nitrogen and oxygen atoms in total. The minimum absolute atomic E-state index is 0.0498.